The summed E-state index contributed by atoms with van der Waals surface area (Å²) in [5.74, 6) is -0.269. The molecule has 0 unspecified atom stereocenters. The van der Waals surface area contributed by atoms with Crippen LogP contribution in [0.2, 0.25) is 0 Å². The molecule has 2 amide bonds. The molecule has 2 rings (SSSR count). The Balaban J connectivity index is 1.77. The van der Waals surface area contributed by atoms with Crippen LogP contribution in [-0.4, -0.2) is 25.2 Å². The van der Waals surface area contributed by atoms with Crippen LogP contribution in [0.5, 0.6) is 0 Å². The van der Waals surface area contributed by atoms with E-state index in [0.717, 1.165) is 12.8 Å². The number of halogens is 1. The van der Waals surface area contributed by atoms with Crippen molar-refractivity contribution in [3.05, 3.63) is 46.7 Å². The number of sulfonamides is 1. The fraction of sp³-hybridized carbons (Fsp3) is 0.412. The molecule has 0 saturated heterocycles. The third-order valence-corrected chi connectivity index (χ3v) is 5.82. The number of aromatic nitrogens is 1. The number of urea groups is 1. The minimum Gasteiger partial charge on any atom is -0.334 e. The van der Waals surface area contributed by atoms with Crippen molar-refractivity contribution in [2.45, 2.75) is 39.3 Å². The maximum absolute atomic E-state index is 13.1. The molecule has 0 aliphatic heterocycles. The van der Waals surface area contributed by atoms with Gasteiger partial charge in [-0.25, -0.2) is 27.3 Å². The number of amides is 2. The van der Waals surface area contributed by atoms with Crippen LogP contribution in [0.15, 0.2) is 29.6 Å². The number of carbonyl (C=O) groups is 1. The topological polar surface area (TPSA) is 100 Å². The highest BCUT2D eigenvalue weighted by Gasteiger charge is 2.12. The summed E-state index contributed by atoms with van der Waals surface area (Å²) in [4.78, 5) is 16.1. The molecule has 0 spiro atoms. The van der Waals surface area contributed by atoms with Crippen LogP contribution in [0.1, 0.15) is 37.4 Å². The van der Waals surface area contributed by atoms with E-state index in [-0.39, 0.29) is 24.7 Å². The Morgan fingerprint density at radius 1 is 1.26 bits per heavy atom. The van der Waals surface area contributed by atoms with Crippen molar-refractivity contribution in [3.8, 4) is 0 Å². The maximum Gasteiger partial charge on any atom is 0.321 e. The number of nitrogens with one attached hydrogen (secondary N) is 3. The zero-order chi connectivity index (χ0) is 19.7. The molecule has 1 heterocycles. The van der Waals surface area contributed by atoms with E-state index in [0.29, 0.717) is 22.8 Å². The standard InChI is InChI=1S/C17H23FN4O3S2/c1-2-3-4-8-27(24,25)20-11-15-12-26-17(21-15)22-16(23)19-10-13-6-5-7-14(18)9-13/h5-7,9,12,20H,2-4,8,10-11H2,1H3,(H2,19,21,22,23). The highest BCUT2D eigenvalue weighted by molar-refractivity contribution is 7.89. The van der Waals surface area contributed by atoms with E-state index in [2.05, 4.69) is 20.3 Å². The van der Waals surface area contributed by atoms with Crippen LogP contribution in [-0.2, 0) is 23.1 Å². The second kappa shape index (κ2) is 10.3. The van der Waals surface area contributed by atoms with E-state index in [9.17, 15) is 17.6 Å². The van der Waals surface area contributed by atoms with Gasteiger partial charge in [-0.3, -0.25) is 5.32 Å². The summed E-state index contributed by atoms with van der Waals surface area (Å²) in [5.41, 5.74) is 1.17. The van der Waals surface area contributed by atoms with Gasteiger partial charge in [0.2, 0.25) is 10.0 Å². The third-order valence-electron chi connectivity index (χ3n) is 3.60. The lowest BCUT2D eigenvalue weighted by atomic mass is 10.2. The Hall–Kier alpha value is -2.04. The Morgan fingerprint density at radius 2 is 2.07 bits per heavy atom. The van der Waals surface area contributed by atoms with Gasteiger partial charge in [-0.05, 0) is 24.1 Å². The summed E-state index contributed by atoms with van der Waals surface area (Å²) in [6.07, 6.45) is 2.45. The van der Waals surface area contributed by atoms with Crippen LogP contribution >= 0.6 is 11.3 Å². The number of anilines is 1. The molecule has 7 nitrogen and oxygen atoms in total. The lowest BCUT2D eigenvalue weighted by Gasteiger charge is -2.06. The lowest BCUT2D eigenvalue weighted by molar-refractivity contribution is 0.251. The van der Waals surface area contributed by atoms with Crippen LogP contribution in [0.3, 0.4) is 0 Å². The van der Waals surface area contributed by atoms with E-state index in [1.165, 1.54) is 23.5 Å². The molecule has 148 valence electrons. The Kier molecular flexibility index (Phi) is 8.14. The van der Waals surface area contributed by atoms with Gasteiger partial charge in [-0.1, -0.05) is 31.9 Å². The minimum atomic E-state index is -3.32. The first-order valence-electron chi connectivity index (χ1n) is 8.59. The van der Waals surface area contributed by atoms with Gasteiger partial charge in [0.15, 0.2) is 5.13 Å². The monoisotopic (exact) mass is 414 g/mol. The average molecular weight is 415 g/mol. The molecule has 0 fully saturated rings. The van der Waals surface area contributed by atoms with E-state index in [1.807, 2.05) is 6.92 Å². The van der Waals surface area contributed by atoms with Gasteiger partial charge >= 0.3 is 6.03 Å². The number of rotatable bonds is 10. The van der Waals surface area contributed by atoms with Crippen LogP contribution in [0.4, 0.5) is 14.3 Å². The van der Waals surface area contributed by atoms with E-state index >= 15 is 0 Å². The zero-order valence-electron chi connectivity index (χ0n) is 15.0. The molecule has 0 bridgehead atoms. The smallest absolute Gasteiger partial charge is 0.321 e. The first-order chi connectivity index (χ1) is 12.9. The van der Waals surface area contributed by atoms with Gasteiger partial charge in [0.1, 0.15) is 5.82 Å². The molecule has 0 aliphatic carbocycles. The normalized spacial score (nSPS) is 11.3. The van der Waals surface area contributed by atoms with E-state index < -0.39 is 16.1 Å². The van der Waals surface area contributed by atoms with Crippen molar-refractivity contribution in [2.24, 2.45) is 0 Å². The first kappa shape index (κ1) is 21.3. The Morgan fingerprint density at radius 3 is 2.81 bits per heavy atom. The van der Waals surface area contributed by atoms with Crippen LogP contribution < -0.4 is 15.4 Å². The lowest BCUT2D eigenvalue weighted by Crippen LogP contribution is -2.28. The number of carbonyl (C=O) groups excluding carboxylic acids is 1. The summed E-state index contributed by atoms with van der Waals surface area (Å²) >= 11 is 1.20. The Labute approximate surface area is 162 Å². The minimum absolute atomic E-state index is 0.0809. The molecule has 3 N–H and O–H groups in total. The number of benzene rings is 1. The van der Waals surface area contributed by atoms with Crippen molar-refractivity contribution in [3.63, 3.8) is 0 Å². The highest BCUT2D eigenvalue weighted by atomic mass is 32.2. The van der Waals surface area contributed by atoms with E-state index in [1.54, 1.807) is 17.5 Å². The molecule has 1 aromatic heterocycles. The fourth-order valence-corrected chi connectivity index (χ4v) is 4.02. The van der Waals surface area contributed by atoms with Gasteiger partial charge in [0.05, 0.1) is 18.0 Å². The number of unbranched alkanes of at least 4 members (excludes halogenated alkanes) is 2. The van der Waals surface area contributed by atoms with Crippen molar-refractivity contribution >= 4 is 32.5 Å². The molecule has 1 aromatic carbocycles. The zero-order valence-corrected chi connectivity index (χ0v) is 16.6. The van der Waals surface area contributed by atoms with Gasteiger partial charge < -0.3 is 5.32 Å². The maximum atomic E-state index is 13.1. The number of hydrogen-bond donors (Lipinski definition) is 3. The van der Waals surface area contributed by atoms with Crippen molar-refractivity contribution in [2.75, 3.05) is 11.1 Å². The number of thiazole rings is 1. The largest absolute Gasteiger partial charge is 0.334 e. The number of nitrogens with zero attached hydrogens (tertiary/aromatic N) is 1. The van der Waals surface area contributed by atoms with Crippen molar-refractivity contribution < 1.29 is 17.6 Å². The fourth-order valence-electron chi connectivity index (χ4n) is 2.21. The molecular formula is C17H23FN4O3S2. The van der Waals surface area contributed by atoms with Crippen LogP contribution in [0, 0.1) is 5.82 Å². The van der Waals surface area contributed by atoms with Crippen LogP contribution in [0.25, 0.3) is 0 Å². The predicted molar refractivity (Wildman–Crippen MR) is 105 cm³/mol. The molecule has 0 aliphatic rings. The van der Waals surface area contributed by atoms with Crippen molar-refractivity contribution in [1.82, 2.24) is 15.0 Å². The average Bonchev–Trinajstić information content (AvgIpc) is 3.06. The summed E-state index contributed by atoms with van der Waals surface area (Å²) in [5, 5.41) is 7.21. The third kappa shape index (κ3) is 8.02. The molecular weight excluding hydrogens is 391 g/mol. The molecule has 0 saturated carbocycles. The van der Waals surface area contributed by atoms with Gasteiger partial charge in [0.25, 0.3) is 0 Å². The second-order valence-electron chi connectivity index (χ2n) is 5.93. The molecule has 0 radical (unpaired) electrons. The van der Waals surface area contributed by atoms with E-state index in [4.69, 9.17) is 0 Å². The highest BCUT2D eigenvalue weighted by Crippen LogP contribution is 2.15. The second-order valence-corrected chi connectivity index (χ2v) is 8.71. The summed E-state index contributed by atoms with van der Waals surface area (Å²) in [6, 6.07) is 5.48. The van der Waals surface area contributed by atoms with Gasteiger partial charge in [0, 0.05) is 11.9 Å². The summed E-state index contributed by atoms with van der Waals surface area (Å²) in [7, 11) is -3.32. The molecule has 27 heavy (non-hydrogen) atoms. The predicted octanol–water partition coefficient (Wildman–Crippen LogP) is 3.21. The summed E-state index contributed by atoms with van der Waals surface area (Å²) < 4.78 is 39.3. The summed E-state index contributed by atoms with van der Waals surface area (Å²) in [6.45, 7) is 2.27. The van der Waals surface area contributed by atoms with Crippen molar-refractivity contribution in [1.29, 1.82) is 0 Å². The number of hydrogen-bond acceptors (Lipinski definition) is 5. The van der Waals surface area contributed by atoms with Gasteiger partial charge in [-0.15, -0.1) is 11.3 Å². The first-order valence-corrected chi connectivity index (χ1v) is 11.1. The quantitative estimate of drug-likeness (QED) is 0.520. The SMILES string of the molecule is CCCCCS(=O)(=O)NCc1csc(NC(=O)NCc2cccc(F)c2)n1. The molecule has 2 aromatic rings. The van der Waals surface area contributed by atoms with Gasteiger partial charge in [-0.2, -0.15) is 0 Å². The Bertz CT molecular complexity index is 855. The molecule has 10 heteroatoms. The molecule has 0 atom stereocenters.